The molecule has 0 N–H and O–H groups in total. The van der Waals surface area contributed by atoms with E-state index in [0.29, 0.717) is 12.0 Å². The summed E-state index contributed by atoms with van der Waals surface area (Å²) in [5, 5.41) is -1.06. The Kier molecular flexibility index (Phi) is 4.40. The lowest BCUT2D eigenvalue weighted by Crippen LogP contribution is -2.25. The van der Waals surface area contributed by atoms with Gasteiger partial charge in [-0.3, -0.25) is 9.59 Å². The van der Waals surface area contributed by atoms with Gasteiger partial charge >= 0.3 is 0 Å². The van der Waals surface area contributed by atoms with Crippen LogP contribution in [0, 0.1) is 0 Å². The molecule has 0 aliphatic heterocycles. The fourth-order valence-electron chi connectivity index (χ4n) is 1.46. The van der Waals surface area contributed by atoms with Gasteiger partial charge < -0.3 is 0 Å². The first-order valence-corrected chi connectivity index (χ1v) is 7.23. The molecule has 0 radical (unpaired) electrons. The highest BCUT2D eigenvalue weighted by atomic mass is 32.2. The Morgan fingerprint density at radius 1 is 1.17 bits per heavy atom. The van der Waals surface area contributed by atoms with Crippen LogP contribution in [0.1, 0.15) is 37.6 Å². The molecule has 18 heavy (non-hydrogen) atoms. The minimum absolute atomic E-state index is 0.0430. The lowest BCUT2D eigenvalue weighted by molar-refractivity contribution is -0.116. The molecular weight excluding hydrogens is 252 g/mol. The number of carbonyl (C=O) groups is 2. The Hall–Kier alpha value is -1.49. The second-order valence-electron chi connectivity index (χ2n) is 4.10. The van der Waals surface area contributed by atoms with Crippen LogP contribution in [0.3, 0.4) is 0 Å². The summed E-state index contributed by atoms with van der Waals surface area (Å²) >= 11 is 0. The fraction of sp³-hybridized carbons (Fsp3) is 0.385. The van der Waals surface area contributed by atoms with Gasteiger partial charge in [-0.15, -0.1) is 0 Å². The highest BCUT2D eigenvalue weighted by molar-refractivity contribution is 7.92. The van der Waals surface area contributed by atoms with Crippen LogP contribution < -0.4 is 0 Å². The normalized spacial score (nSPS) is 13.1. The van der Waals surface area contributed by atoms with Crippen molar-refractivity contribution in [3.8, 4) is 0 Å². The van der Waals surface area contributed by atoms with Gasteiger partial charge in [-0.1, -0.05) is 19.1 Å². The molecule has 1 rings (SSSR count). The average Bonchev–Trinajstić information content (AvgIpc) is 2.36. The highest BCUT2D eigenvalue weighted by Crippen LogP contribution is 2.18. The molecule has 0 amide bonds. The zero-order chi connectivity index (χ0) is 13.9. The van der Waals surface area contributed by atoms with E-state index in [1.165, 1.54) is 38.1 Å². The Morgan fingerprint density at radius 2 is 1.67 bits per heavy atom. The second kappa shape index (κ2) is 5.44. The van der Waals surface area contributed by atoms with E-state index in [4.69, 9.17) is 0 Å². The van der Waals surface area contributed by atoms with Crippen LogP contribution >= 0.6 is 0 Å². The predicted molar refractivity (Wildman–Crippen MR) is 68.4 cm³/mol. The van der Waals surface area contributed by atoms with Crippen LogP contribution in [0.15, 0.2) is 29.2 Å². The summed E-state index contributed by atoms with van der Waals surface area (Å²) in [6.45, 7) is 4.35. The maximum atomic E-state index is 12.0. The van der Waals surface area contributed by atoms with Crippen molar-refractivity contribution >= 4 is 21.4 Å². The third kappa shape index (κ3) is 2.85. The van der Waals surface area contributed by atoms with Crippen molar-refractivity contribution in [2.75, 3.05) is 0 Å². The van der Waals surface area contributed by atoms with E-state index in [0.717, 1.165) is 0 Å². The molecule has 1 aromatic carbocycles. The Morgan fingerprint density at radius 3 is 2.06 bits per heavy atom. The summed E-state index contributed by atoms with van der Waals surface area (Å²) in [6, 6.07) is 5.70. The standard InChI is InChI=1S/C13H16O4S/c1-4-13(15)11-5-7-12(8-6-11)18(16,17)10(3)9(2)14/h5-8,10H,4H2,1-3H3. The number of hydrogen-bond acceptors (Lipinski definition) is 4. The maximum absolute atomic E-state index is 12.0. The summed E-state index contributed by atoms with van der Waals surface area (Å²) in [7, 11) is -3.65. The molecule has 1 aromatic rings. The lowest BCUT2D eigenvalue weighted by Gasteiger charge is -2.10. The molecule has 1 atom stereocenters. The highest BCUT2D eigenvalue weighted by Gasteiger charge is 2.26. The molecule has 0 heterocycles. The lowest BCUT2D eigenvalue weighted by atomic mass is 10.1. The quantitative estimate of drug-likeness (QED) is 0.766. The summed E-state index contributed by atoms with van der Waals surface area (Å²) in [4.78, 5) is 22.6. The number of rotatable bonds is 5. The van der Waals surface area contributed by atoms with Gasteiger partial charge in [-0.05, 0) is 26.0 Å². The third-order valence-electron chi connectivity index (χ3n) is 2.86. The van der Waals surface area contributed by atoms with Crippen LogP contribution in [0.5, 0.6) is 0 Å². The Bertz CT molecular complexity index is 555. The van der Waals surface area contributed by atoms with Crippen LogP contribution in [0.4, 0.5) is 0 Å². The fourth-order valence-corrected chi connectivity index (χ4v) is 2.82. The van der Waals surface area contributed by atoms with Gasteiger partial charge in [0.25, 0.3) is 0 Å². The van der Waals surface area contributed by atoms with Crippen molar-refractivity contribution in [3.05, 3.63) is 29.8 Å². The first-order chi connectivity index (χ1) is 8.30. The molecule has 0 aliphatic carbocycles. The smallest absolute Gasteiger partial charge is 0.188 e. The summed E-state index contributed by atoms with van der Waals surface area (Å²) in [5.41, 5.74) is 0.479. The van der Waals surface area contributed by atoms with Gasteiger partial charge in [0.15, 0.2) is 15.6 Å². The summed E-state index contributed by atoms with van der Waals surface area (Å²) < 4.78 is 24.0. The number of Topliss-reactive ketones (excluding diaryl/α,β-unsaturated/α-hetero) is 2. The van der Waals surface area contributed by atoms with Gasteiger partial charge in [0.1, 0.15) is 11.0 Å². The van der Waals surface area contributed by atoms with Gasteiger partial charge in [0.2, 0.25) is 0 Å². The molecule has 0 aliphatic rings. The number of benzene rings is 1. The van der Waals surface area contributed by atoms with Crippen LogP contribution in [-0.2, 0) is 14.6 Å². The molecule has 0 spiro atoms. The van der Waals surface area contributed by atoms with E-state index in [2.05, 4.69) is 0 Å². The number of sulfone groups is 1. The Balaban J connectivity index is 3.13. The van der Waals surface area contributed by atoms with Gasteiger partial charge in [-0.2, -0.15) is 0 Å². The molecule has 0 fully saturated rings. The van der Waals surface area contributed by atoms with Crippen molar-refractivity contribution in [1.82, 2.24) is 0 Å². The van der Waals surface area contributed by atoms with Crippen molar-refractivity contribution in [1.29, 1.82) is 0 Å². The van der Waals surface area contributed by atoms with E-state index >= 15 is 0 Å². The molecule has 4 nitrogen and oxygen atoms in total. The van der Waals surface area contributed by atoms with Crippen molar-refractivity contribution < 1.29 is 18.0 Å². The van der Waals surface area contributed by atoms with E-state index in [-0.39, 0.29) is 10.7 Å². The minimum Gasteiger partial charge on any atom is -0.299 e. The first kappa shape index (κ1) is 14.6. The van der Waals surface area contributed by atoms with Crippen LogP contribution in [-0.4, -0.2) is 25.2 Å². The zero-order valence-electron chi connectivity index (χ0n) is 10.6. The van der Waals surface area contributed by atoms with Crippen molar-refractivity contribution in [2.24, 2.45) is 0 Å². The monoisotopic (exact) mass is 268 g/mol. The largest absolute Gasteiger partial charge is 0.299 e. The zero-order valence-corrected chi connectivity index (χ0v) is 11.5. The first-order valence-electron chi connectivity index (χ1n) is 5.68. The number of carbonyl (C=O) groups excluding carboxylic acids is 2. The van der Waals surface area contributed by atoms with E-state index in [9.17, 15) is 18.0 Å². The third-order valence-corrected chi connectivity index (χ3v) is 5.06. The maximum Gasteiger partial charge on any atom is 0.188 e. The number of hydrogen-bond donors (Lipinski definition) is 0. The summed E-state index contributed by atoms with van der Waals surface area (Å²) in [5.74, 6) is -0.442. The molecular formula is C13H16O4S. The molecule has 0 saturated carbocycles. The van der Waals surface area contributed by atoms with E-state index in [1.54, 1.807) is 6.92 Å². The Labute approximate surface area is 107 Å². The van der Waals surface area contributed by atoms with E-state index < -0.39 is 20.9 Å². The SMILES string of the molecule is CCC(=O)c1ccc(S(=O)(=O)C(C)C(C)=O)cc1. The molecule has 0 bridgehead atoms. The van der Waals surface area contributed by atoms with Gasteiger partial charge in [-0.25, -0.2) is 8.42 Å². The van der Waals surface area contributed by atoms with E-state index in [1.807, 2.05) is 0 Å². The van der Waals surface area contributed by atoms with Gasteiger partial charge in [0, 0.05) is 12.0 Å². The molecule has 0 saturated heterocycles. The van der Waals surface area contributed by atoms with Crippen LogP contribution in [0.2, 0.25) is 0 Å². The molecule has 5 heteroatoms. The van der Waals surface area contributed by atoms with Crippen molar-refractivity contribution in [3.63, 3.8) is 0 Å². The number of ketones is 2. The summed E-state index contributed by atoms with van der Waals surface area (Å²) in [6.07, 6.45) is 0.371. The van der Waals surface area contributed by atoms with Gasteiger partial charge in [0.05, 0.1) is 4.90 Å². The van der Waals surface area contributed by atoms with Crippen molar-refractivity contribution in [2.45, 2.75) is 37.3 Å². The minimum atomic E-state index is -3.65. The second-order valence-corrected chi connectivity index (χ2v) is 6.37. The van der Waals surface area contributed by atoms with Crippen LogP contribution in [0.25, 0.3) is 0 Å². The molecule has 1 unspecified atom stereocenters. The molecule has 0 aromatic heterocycles. The molecule has 98 valence electrons. The average molecular weight is 268 g/mol. The topological polar surface area (TPSA) is 68.3 Å². The predicted octanol–water partition coefficient (Wildman–Crippen LogP) is 2.03.